The van der Waals surface area contributed by atoms with Gasteiger partial charge in [-0.2, -0.15) is 0 Å². The summed E-state index contributed by atoms with van der Waals surface area (Å²) in [6, 6.07) is -2.88. The third kappa shape index (κ3) is 2.86. The second-order valence-corrected chi connectivity index (χ2v) is 1.88. The molecule has 0 bridgehead atoms. The van der Waals surface area contributed by atoms with Gasteiger partial charge in [-0.3, -0.25) is 5.32 Å². The summed E-state index contributed by atoms with van der Waals surface area (Å²) in [5.74, 6) is 0. The number of nitrogens with one attached hydrogen (secondary N) is 1. The van der Waals surface area contributed by atoms with Crippen LogP contribution in [0.3, 0.4) is 0 Å². The highest BCUT2D eigenvalue weighted by Gasteiger charge is 2.17. The third-order valence-electron chi connectivity index (χ3n) is 1.06. The number of hydrogen-bond donors (Lipinski definition) is 3. The topological polar surface area (TPSA) is 119 Å². The lowest BCUT2D eigenvalue weighted by Gasteiger charge is -2.14. The van der Waals surface area contributed by atoms with E-state index in [2.05, 4.69) is 5.73 Å². The molecule has 7 nitrogen and oxygen atoms in total. The van der Waals surface area contributed by atoms with Crippen LogP contribution in [0.15, 0.2) is 0 Å². The van der Waals surface area contributed by atoms with Crippen molar-refractivity contribution in [3.63, 3.8) is 0 Å². The minimum atomic E-state index is -1.03. The van der Waals surface area contributed by atoms with Crippen LogP contribution in [0, 0.1) is 0 Å². The van der Waals surface area contributed by atoms with Crippen molar-refractivity contribution in [2.45, 2.75) is 6.92 Å². The average molecular weight is 174 g/mol. The van der Waals surface area contributed by atoms with E-state index in [9.17, 15) is 14.4 Å². The fourth-order valence-corrected chi connectivity index (χ4v) is 0.572. The Morgan fingerprint density at radius 2 is 1.83 bits per heavy atom. The first-order valence-electron chi connectivity index (χ1n) is 3.16. The maximum Gasteiger partial charge on any atom is 0.333 e. The second kappa shape index (κ2) is 4.16. The summed E-state index contributed by atoms with van der Waals surface area (Å²) >= 11 is 0. The SMILES string of the molecule is CCN(C(N)=O)C(=O)NC(N)=O. The highest BCUT2D eigenvalue weighted by Crippen LogP contribution is 1.87. The number of amides is 6. The van der Waals surface area contributed by atoms with Crippen LogP contribution in [-0.2, 0) is 0 Å². The monoisotopic (exact) mass is 174 g/mol. The molecule has 0 aromatic rings. The van der Waals surface area contributed by atoms with Crippen LogP contribution in [0.5, 0.6) is 0 Å². The predicted octanol–water partition coefficient (Wildman–Crippen LogP) is -0.825. The van der Waals surface area contributed by atoms with Crippen molar-refractivity contribution >= 4 is 18.1 Å². The zero-order valence-electron chi connectivity index (χ0n) is 6.53. The van der Waals surface area contributed by atoms with E-state index in [1.54, 1.807) is 5.32 Å². The van der Waals surface area contributed by atoms with Gasteiger partial charge in [0.25, 0.3) is 0 Å². The maximum atomic E-state index is 10.8. The van der Waals surface area contributed by atoms with E-state index in [-0.39, 0.29) is 6.54 Å². The summed E-state index contributed by atoms with van der Waals surface area (Å²) in [5.41, 5.74) is 9.43. The van der Waals surface area contributed by atoms with Gasteiger partial charge in [0.15, 0.2) is 0 Å². The normalized spacial score (nSPS) is 8.75. The predicted molar refractivity (Wildman–Crippen MR) is 40.1 cm³/mol. The summed E-state index contributed by atoms with van der Waals surface area (Å²) in [7, 11) is 0. The molecular weight excluding hydrogens is 164 g/mol. The molecule has 12 heavy (non-hydrogen) atoms. The van der Waals surface area contributed by atoms with Gasteiger partial charge in [-0.25, -0.2) is 19.3 Å². The number of imide groups is 2. The van der Waals surface area contributed by atoms with E-state index < -0.39 is 18.1 Å². The Morgan fingerprint density at radius 1 is 1.33 bits per heavy atom. The minimum absolute atomic E-state index is 0.0778. The molecule has 0 rings (SSSR count). The van der Waals surface area contributed by atoms with E-state index in [1.165, 1.54) is 6.92 Å². The molecule has 68 valence electrons. The molecule has 0 saturated carbocycles. The number of carbonyl (C=O) groups is 3. The number of nitrogens with zero attached hydrogens (tertiary/aromatic N) is 1. The first-order chi connectivity index (χ1) is 5.49. The molecule has 0 saturated heterocycles. The first-order valence-corrected chi connectivity index (χ1v) is 3.16. The van der Waals surface area contributed by atoms with Gasteiger partial charge in [0.05, 0.1) is 0 Å². The largest absolute Gasteiger partial charge is 0.351 e. The van der Waals surface area contributed by atoms with E-state index >= 15 is 0 Å². The van der Waals surface area contributed by atoms with Crippen molar-refractivity contribution in [1.29, 1.82) is 0 Å². The molecule has 6 amide bonds. The first kappa shape index (κ1) is 10.2. The summed E-state index contributed by atoms with van der Waals surface area (Å²) in [6.07, 6.45) is 0. The standard InChI is InChI=1S/C5H10N4O3/c1-2-9(4(7)11)5(12)8-3(6)10/h2H2,1H3,(H2,7,11)(H3,6,8,10,12). The quantitative estimate of drug-likeness (QED) is 0.481. The molecular formula is C5H10N4O3. The fourth-order valence-electron chi connectivity index (χ4n) is 0.572. The molecule has 0 atom stereocenters. The minimum Gasteiger partial charge on any atom is -0.351 e. The van der Waals surface area contributed by atoms with E-state index in [0.29, 0.717) is 4.90 Å². The van der Waals surface area contributed by atoms with Crippen molar-refractivity contribution in [2.24, 2.45) is 11.5 Å². The zero-order chi connectivity index (χ0) is 9.72. The van der Waals surface area contributed by atoms with Crippen molar-refractivity contribution in [1.82, 2.24) is 10.2 Å². The molecule has 0 aliphatic rings. The van der Waals surface area contributed by atoms with Gasteiger partial charge < -0.3 is 11.5 Å². The number of urea groups is 3. The third-order valence-corrected chi connectivity index (χ3v) is 1.06. The van der Waals surface area contributed by atoms with Gasteiger partial charge in [0.2, 0.25) is 0 Å². The summed E-state index contributed by atoms with van der Waals surface area (Å²) in [5, 5.41) is 1.70. The Bertz CT molecular complexity index is 215. The van der Waals surface area contributed by atoms with Crippen LogP contribution in [0.25, 0.3) is 0 Å². The Morgan fingerprint density at radius 3 is 2.08 bits per heavy atom. The second-order valence-electron chi connectivity index (χ2n) is 1.88. The molecule has 0 aliphatic heterocycles. The van der Waals surface area contributed by atoms with Crippen molar-refractivity contribution in [3.05, 3.63) is 0 Å². The lowest BCUT2D eigenvalue weighted by molar-refractivity contribution is 0.193. The van der Waals surface area contributed by atoms with Gasteiger partial charge >= 0.3 is 18.1 Å². The highest BCUT2D eigenvalue weighted by molar-refractivity contribution is 6.00. The summed E-state index contributed by atoms with van der Waals surface area (Å²) < 4.78 is 0. The molecule has 0 fully saturated rings. The number of primary amides is 2. The molecule has 7 heteroatoms. The summed E-state index contributed by atoms with van der Waals surface area (Å²) in [4.78, 5) is 32.1. The van der Waals surface area contributed by atoms with Gasteiger partial charge in [0.1, 0.15) is 0 Å². The molecule has 0 spiro atoms. The number of rotatable bonds is 1. The van der Waals surface area contributed by atoms with E-state index in [1.807, 2.05) is 0 Å². The zero-order valence-corrected chi connectivity index (χ0v) is 6.53. The lowest BCUT2D eigenvalue weighted by Crippen LogP contribution is -2.49. The molecule has 0 unspecified atom stereocenters. The molecule has 0 aromatic heterocycles. The fraction of sp³-hybridized carbons (Fsp3) is 0.400. The van der Waals surface area contributed by atoms with Crippen molar-refractivity contribution in [2.75, 3.05) is 6.54 Å². The summed E-state index contributed by atoms with van der Waals surface area (Å²) in [6.45, 7) is 1.61. The van der Waals surface area contributed by atoms with Crippen LogP contribution in [0.4, 0.5) is 14.4 Å². The number of hydrogen-bond acceptors (Lipinski definition) is 3. The maximum absolute atomic E-state index is 10.8. The molecule has 0 aromatic carbocycles. The average Bonchev–Trinajstić information content (AvgIpc) is 1.85. The van der Waals surface area contributed by atoms with E-state index in [4.69, 9.17) is 5.73 Å². The van der Waals surface area contributed by atoms with Crippen molar-refractivity contribution < 1.29 is 14.4 Å². The van der Waals surface area contributed by atoms with Crippen LogP contribution in [0.1, 0.15) is 6.92 Å². The van der Waals surface area contributed by atoms with Crippen LogP contribution >= 0.6 is 0 Å². The Hall–Kier alpha value is -1.79. The van der Waals surface area contributed by atoms with Gasteiger partial charge in [-0.05, 0) is 6.92 Å². The molecule has 0 aliphatic carbocycles. The van der Waals surface area contributed by atoms with Crippen molar-refractivity contribution in [3.8, 4) is 0 Å². The highest BCUT2D eigenvalue weighted by atomic mass is 16.2. The van der Waals surface area contributed by atoms with E-state index in [0.717, 1.165) is 0 Å². The van der Waals surface area contributed by atoms with Gasteiger partial charge in [-0.1, -0.05) is 0 Å². The molecule has 0 heterocycles. The van der Waals surface area contributed by atoms with Crippen LogP contribution in [0.2, 0.25) is 0 Å². The van der Waals surface area contributed by atoms with Gasteiger partial charge in [0, 0.05) is 6.54 Å². The Kier molecular flexibility index (Phi) is 3.54. The molecule has 5 N–H and O–H groups in total. The smallest absolute Gasteiger partial charge is 0.333 e. The molecule has 0 radical (unpaired) electrons. The number of nitrogens with two attached hydrogens (primary N) is 2. The van der Waals surface area contributed by atoms with Crippen LogP contribution < -0.4 is 16.8 Å². The number of carbonyl (C=O) groups excluding carboxylic acids is 3. The Balaban J connectivity index is 4.22. The van der Waals surface area contributed by atoms with Crippen LogP contribution in [-0.4, -0.2) is 29.5 Å². The van der Waals surface area contributed by atoms with Gasteiger partial charge in [-0.15, -0.1) is 0 Å². The lowest BCUT2D eigenvalue weighted by atomic mass is 10.6. The Labute approximate surface area is 68.7 Å².